The largest absolute Gasteiger partial charge is 0.449 e. The Labute approximate surface area is 200 Å². The summed E-state index contributed by atoms with van der Waals surface area (Å²) < 4.78 is 47.6. The first-order valence-corrected chi connectivity index (χ1v) is 11.4. The third-order valence-electron chi connectivity index (χ3n) is 6.22. The highest BCUT2D eigenvalue weighted by Gasteiger charge is 2.38. The van der Waals surface area contributed by atoms with E-state index < -0.39 is 30.4 Å². The molecule has 1 aliphatic rings. The second-order valence-electron chi connectivity index (χ2n) is 8.71. The molecule has 2 heterocycles. The van der Waals surface area contributed by atoms with Crippen LogP contribution in [0.4, 0.5) is 18.9 Å². The molecule has 0 bridgehead atoms. The maximum absolute atomic E-state index is 13.7. The molecule has 0 aliphatic carbocycles. The molecule has 7 nitrogen and oxygen atoms in total. The van der Waals surface area contributed by atoms with Crippen LogP contribution in [-0.2, 0) is 27.0 Å². The lowest BCUT2D eigenvalue weighted by Gasteiger charge is -2.26. The molecule has 1 aromatic heterocycles. The number of carbonyl (C=O) groups is 2. The molecule has 1 atom stereocenters. The molecule has 186 valence electrons. The van der Waals surface area contributed by atoms with Crippen molar-refractivity contribution in [3.8, 4) is 0 Å². The lowest BCUT2D eigenvalue weighted by molar-refractivity contribution is -0.148. The number of amides is 2. The molecule has 0 unspecified atom stereocenters. The minimum Gasteiger partial charge on any atom is -0.376 e. The molecular formula is C25H27F3N4O3. The van der Waals surface area contributed by atoms with Crippen LogP contribution in [0.15, 0.2) is 42.5 Å². The summed E-state index contributed by atoms with van der Waals surface area (Å²) in [5.41, 5.74) is 2.87. The van der Waals surface area contributed by atoms with Gasteiger partial charge in [0.25, 0.3) is 0 Å². The number of carbonyl (C=O) groups excluding carboxylic acids is 2. The third-order valence-corrected chi connectivity index (χ3v) is 6.22. The Morgan fingerprint density at radius 1 is 1.17 bits per heavy atom. The Hall–Kier alpha value is -3.40. The number of hydrogen-bond acceptors (Lipinski definition) is 4. The zero-order chi connectivity index (χ0) is 25.2. The number of aryl methyl sites for hydroxylation is 1. The van der Waals surface area contributed by atoms with E-state index in [4.69, 9.17) is 4.74 Å². The number of nitrogens with zero attached hydrogens (tertiary/aromatic N) is 3. The van der Waals surface area contributed by atoms with Crippen LogP contribution < -0.4 is 5.32 Å². The van der Waals surface area contributed by atoms with Gasteiger partial charge in [0.15, 0.2) is 0 Å². The lowest BCUT2D eigenvalue weighted by atomic mass is 10.1. The van der Waals surface area contributed by atoms with Crippen molar-refractivity contribution in [1.29, 1.82) is 0 Å². The predicted octanol–water partition coefficient (Wildman–Crippen LogP) is 4.32. The summed E-state index contributed by atoms with van der Waals surface area (Å²) >= 11 is 0. The van der Waals surface area contributed by atoms with Crippen molar-refractivity contribution in [2.75, 3.05) is 25.0 Å². The standard InChI is InChI=1S/C25H27F3N4O3/c1-16-7-5-10-19(17(16)2)29-22(33)14-31(13-18-8-6-12-35-18)23(34)15-32-21-11-4-3-9-20(21)30-24(32)25(26,27)28/h3-5,7,9-11,18H,6,8,12-15H2,1-2H3,(H,29,33)/t18-/m1/s1. The first-order valence-electron chi connectivity index (χ1n) is 11.4. The van der Waals surface area contributed by atoms with E-state index >= 15 is 0 Å². The maximum Gasteiger partial charge on any atom is 0.449 e. The highest BCUT2D eigenvalue weighted by Crippen LogP contribution is 2.31. The van der Waals surface area contributed by atoms with Gasteiger partial charge in [0.05, 0.1) is 17.1 Å². The molecule has 10 heteroatoms. The first-order chi connectivity index (χ1) is 16.6. The average Bonchev–Trinajstić information content (AvgIpc) is 3.44. The summed E-state index contributed by atoms with van der Waals surface area (Å²) in [7, 11) is 0. The van der Waals surface area contributed by atoms with Gasteiger partial charge in [-0.1, -0.05) is 24.3 Å². The fourth-order valence-electron chi connectivity index (χ4n) is 4.23. The molecule has 2 amide bonds. The van der Waals surface area contributed by atoms with Gasteiger partial charge in [-0.2, -0.15) is 13.2 Å². The normalized spacial score (nSPS) is 16.0. The fourth-order valence-corrected chi connectivity index (χ4v) is 4.23. The number of anilines is 1. The second-order valence-corrected chi connectivity index (χ2v) is 8.71. The third kappa shape index (κ3) is 5.64. The summed E-state index contributed by atoms with van der Waals surface area (Å²) in [6, 6.07) is 11.6. The van der Waals surface area contributed by atoms with Gasteiger partial charge in [-0.15, -0.1) is 0 Å². The van der Waals surface area contributed by atoms with Gasteiger partial charge in [0.2, 0.25) is 17.6 Å². The predicted molar refractivity (Wildman–Crippen MR) is 125 cm³/mol. The fraction of sp³-hybridized carbons (Fsp3) is 0.400. The van der Waals surface area contributed by atoms with Crippen LogP contribution in [0.1, 0.15) is 29.8 Å². The van der Waals surface area contributed by atoms with E-state index in [1.54, 1.807) is 18.2 Å². The Morgan fingerprint density at radius 3 is 2.66 bits per heavy atom. The zero-order valence-corrected chi connectivity index (χ0v) is 19.6. The molecule has 1 saturated heterocycles. The Morgan fingerprint density at radius 2 is 1.94 bits per heavy atom. The van der Waals surface area contributed by atoms with Crippen molar-refractivity contribution in [1.82, 2.24) is 14.5 Å². The maximum atomic E-state index is 13.7. The molecule has 1 fully saturated rings. The Bertz CT molecular complexity index is 1230. The molecule has 35 heavy (non-hydrogen) atoms. The quantitative estimate of drug-likeness (QED) is 0.538. The topological polar surface area (TPSA) is 76.5 Å². The number of alkyl halides is 3. The van der Waals surface area contributed by atoms with Gasteiger partial charge in [-0.25, -0.2) is 4.98 Å². The summed E-state index contributed by atoms with van der Waals surface area (Å²) in [5, 5.41) is 2.81. The summed E-state index contributed by atoms with van der Waals surface area (Å²) in [5.74, 6) is -2.20. The SMILES string of the molecule is Cc1cccc(NC(=O)CN(C[C@H]2CCCO2)C(=O)Cn2c(C(F)(F)F)nc3ccccc32)c1C. The van der Waals surface area contributed by atoms with Crippen LogP contribution in [0.2, 0.25) is 0 Å². The van der Waals surface area contributed by atoms with Crippen LogP contribution >= 0.6 is 0 Å². The Balaban J connectivity index is 1.58. The molecule has 3 aromatic rings. The molecule has 1 aliphatic heterocycles. The van der Waals surface area contributed by atoms with Crippen LogP contribution in [0.5, 0.6) is 0 Å². The monoisotopic (exact) mass is 488 g/mol. The van der Waals surface area contributed by atoms with E-state index in [0.29, 0.717) is 18.7 Å². The minimum absolute atomic E-state index is 0.118. The van der Waals surface area contributed by atoms with Gasteiger partial charge in [0.1, 0.15) is 13.1 Å². The average molecular weight is 489 g/mol. The number of ether oxygens (including phenoxy) is 1. The highest BCUT2D eigenvalue weighted by molar-refractivity contribution is 5.95. The second kappa shape index (κ2) is 10.1. The van der Waals surface area contributed by atoms with Crippen molar-refractivity contribution in [3.63, 3.8) is 0 Å². The number of aromatic nitrogens is 2. The number of nitrogens with one attached hydrogen (secondary N) is 1. The number of rotatable bonds is 7. The molecular weight excluding hydrogens is 461 g/mol. The van der Waals surface area contributed by atoms with Gasteiger partial charge < -0.3 is 19.5 Å². The number of para-hydroxylation sites is 2. The van der Waals surface area contributed by atoms with Crippen molar-refractivity contribution in [2.45, 2.75) is 45.5 Å². The van der Waals surface area contributed by atoms with Crippen molar-refractivity contribution in [2.24, 2.45) is 0 Å². The van der Waals surface area contributed by atoms with E-state index in [-0.39, 0.29) is 30.2 Å². The molecule has 1 N–H and O–H groups in total. The highest BCUT2D eigenvalue weighted by atomic mass is 19.4. The van der Waals surface area contributed by atoms with E-state index in [9.17, 15) is 22.8 Å². The van der Waals surface area contributed by atoms with Crippen molar-refractivity contribution in [3.05, 3.63) is 59.4 Å². The van der Waals surface area contributed by atoms with Crippen molar-refractivity contribution < 1.29 is 27.5 Å². The minimum atomic E-state index is -4.74. The van der Waals surface area contributed by atoms with Gasteiger partial charge in [-0.05, 0) is 56.0 Å². The zero-order valence-electron chi connectivity index (χ0n) is 19.6. The van der Waals surface area contributed by atoms with E-state index in [1.807, 2.05) is 26.0 Å². The van der Waals surface area contributed by atoms with E-state index in [0.717, 1.165) is 22.1 Å². The van der Waals surface area contributed by atoms with Crippen LogP contribution in [0.25, 0.3) is 11.0 Å². The van der Waals surface area contributed by atoms with Gasteiger partial charge >= 0.3 is 6.18 Å². The van der Waals surface area contributed by atoms with E-state index in [2.05, 4.69) is 10.3 Å². The van der Waals surface area contributed by atoms with Crippen LogP contribution in [-0.4, -0.2) is 52.1 Å². The Kier molecular flexibility index (Phi) is 7.11. The van der Waals surface area contributed by atoms with Crippen LogP contribution in [0.3, 0.4) is 0 Å². The molecule has 0 radical (unpaired) electrons. The number of fused-ring (bicyclic) bond motifs is 1. The van der Waals surface area contributed by atoms with Gasteiger partial charge in [-0.3, -0.25) is 9.59 Å². The van der Waals surface area contributed by atoms with Crippen molar-refractivity contribution >= 4 is 28.5 Å². The summed E-state index contributed by atoms with van der Waals surface area (Å²) in [6.45, 7) is 3.56. The number of benzene rings is 2. The smallest absolute Gasteiger partial charge is 0.376 e. The van der Waals surface area contributed by atoms with E-state index in [1.165, 1.54) is 17.0 Å². The molecule has 2 aromatic carbocycles. The molecule has 0 saturated carbocycles. The molecule has 0 spiro atoms. The number of hydrogen-bond donors (Lipinski definition) is 1. The van der Waals surface area contributed by atoms with Gasteiger partial charge in [0, 0.05) is 18.8 Å². The molecule has 4 rings (SSSR count). The number of imidazole rings is 1. The van der Waals surface area contributed by atoms with Crippen LogP contribution in [0, 0.1) is 13.8 Å². The summed E-state index contributed by atoms with van der Waals surface area (Å²) in [4.78, 5) is 31.1. The first kappa shape index (κ1) is 24.7. The lowest BCUT2D eigenvalue weighted by Crippen LogP contribution is -2.44. The number of halogens is 3. The summed E-state index contributed by atoms with van der Waals surface area (Å²) in [6.07, 6.45) is -3.47.